The molecular formula is C32H44ClFN6S. The fourth-order valence-electron chi connectivity index (χ4n) is 5.58. The molecule has 2 aliphatic rings. The Morgan fingerprint density at radius 3 is 2.83 bits per heavy atom. The minimum Gasteiger partial charge on any atom is -0.327 e. The van der Waals surface area contributed by atoms with Gasteiger partial charge in [0.1, 0.15) is 6.04 Å². The van der Waals surface area contributed by atoms with Gasteiger partial charge >= 0.3 is 0 Å². The van der Waals surface area contributed by atoms with Crippen molar-refractivity contribution in [1.82, 2.24) is 20.5 Å². The first-order valence-electron chi connectivity index (χ1n) is 14.9. The molecule has 3 atom stereocenters. The number of aliphatic imine (C=N–C) groups is 1. The predicted octanol–water partition coefficient (Wildman–Crippen LogP) is 7.27. The van der Waals surface area contributed by atoms with Crippen molar-refractivity contribution in [3.63, 3.8) is 0 Å². The van der Waals surface area contributed by atoms with E-state index in [2.05, 4.69) is 33.5 Å². The molecule has 0 spiro atoms. The van der Waals surface area contributed by atoms with E-state index in [-0.39, 0.29) is 6.04 Å². The SMILES string of the molecule is CCNCCNCCC[C@H]1CC2=C(C(=N)/C=C\CCCC(C)F)[C@H](c3ccc(C)cc3Cl)N=C(c3nccs3)N2C1. The van der Waals surface area contributed by atoms with Gasteiger partial charge in [-0.2, -0.15) is 0 Å². The Morgan fingerprint density at radius 1 is 1.27 bits per heavy atom. The summed E-state index contributed by atoms with van der Waals surface area (Å²) < 4.78 is 13.3. The van der Waals surface area contributed by atoms with Crippen LogP contribution in [-0.2, 0) is 0 Å². The van der Waals surface area contributed by atoms with Crippen LogP contribution in [0.4, 0.5) is 4.39 Å². The number of benzene rings is 1. The zero-order valence-electron chi connectivity index (χ0n) is 24.6. The number of thiazole rings is 1. The lowest BCUT2D eigenvalue weighted by Gasteiger charge is -2.33. The van der Waals surface area contributed by atoms with E-state index in [0.29, 0.717) is 23.1 Å². The second-order valence-electron chi connectivity index (χ2n) is 11.0. The van der Waals surface area contributed by atoms with Crippen molar-refractivity contribution in [2.75, 3.05) is 32.7 Å². The number of hydrogen-bond acceptors (Lipinski definition) is 7. The molecule has 0 aliphatic carbocycles. The van der Waals surface area contributed by atoms with Crippen LogP contribution in [0, 0.1) is 18.3 Å². The average Bonchev–Trinajstić information content (AvgIpc) is 3.62. The number of amidine groups is 1. The van der Waals surface area contributed by atoms with Gasteiger partial charge < -0.3 is 20.9 Å². The number of halogens is 2. The highest BCUT2D eigenvalue weighted by Gasteiger charge is 2.40. The van der Waals surface area contributed by atoms with Gasteiger partial charge in [0.2, 0.25) is 0 Å². The zero-order valence-corrected chi connectivity index (χ0v) is 26.1. The lowest BCUT2D eigenvalue weighted by atomic mass is 9.89. The van der Waals surface area contributed by atoms with Crippen molar-refractivity contribution in [2.45, 2.75) is 71.5 Å². The maximum atomic E-state index is 13.3. The van der Waals surface area contributed by atoms with Crippen LogP contribution in [-0.4, -0.2) is 60.3 Å². The lowest BCUT2D eigenvalue weighted by Crippen LogP contribution is -2.35. The highest BCUT2D eigenvalue weighted by atomic mass is 35.5. The number of unbranched alkanes of at least 4 members (excludes halogenated alkanes) is 1. The molecule has 3 N–H and O–H groups in total. The standard InChI is InChI=1S/C32H44ClFN6S/c1-4-36-15-16-37-14-8-10-24-20-28-29(27(35)11-7-5-6-9-23(3)34)30(25-13-12-22(2)19-26(25)33)39-31(40(28)21-24)32-38-17-18-41-32/h7,11-13,17-19,23-24,30,35-37H,4-6,8-10,14-16,20-21H2,1-3H3/b11-7-,35-27?/t23?,24-,30-/m0/s1. The van der Waals surface area contributed by atoms with Gasteiger partial charge in [0.05, 0.1) is 11.9 Å². The van der Waals surface area contributed by atoms with Crippen LogP contribution in [0.2, 0.25) is 5.02 Å². The Morgan fingerprint density at radius 2 is 2.10 bits per heavy atom. The molecule has 2 aliphatic heterocycles. The van der Waals surface area contributed by atoms with E-state index in [1.165, 1.54) is 0 Å². The molecule has 0 radical (unpaired) electrons. The third-order valence-corrected chi connectivity index (χ3v) is 8.75. The van der Waals surface area contributed by atoms with Gasteiger partial charge in [-0.3, -0.25) is 4.99 Å². The van der Waals surface area contributed by atoms with E-state index < -0.39 is 6.17 Å². The van der Waals surface area contributed by atoms with Crippen molar-refractivity contribution in [2.24, 2.45) is 10.9 Å². The molecule has 1 aromatic heterocycles. The molecule has 1 aromatic carbocycles. The fourth-order valence-corrected chi connectivity index (χ4v) is 6.56. The largest absolute Gasteiger partial charge is 0.327 e. The zero-order chi connectivity index (χ0) is 29.2. The first kappa shape index (κ1) is 31.5. The Balaban J connectivity index is 1.62. The third kappa shape index (κ3) is 8.57. The summed E-state index contributed by atoms with van der Waals surface area (Å²) in [6.45, 7) is 10.6. The van der Waals surface area contributed by atoms with Gasteiger partial charge in [0.25, 0.3) is 0 Å². The van der Waals surface area contributed by atoms with Crippen LogP contribution < -0.4 is 10.6 Å². The van der Waals surface area contributed by atoms with E-state index in [1.807, 2.05) is 42.8 Å². The van der Waals surface area contributed by atoms with E-state index in [0.717, 1.165) is 98.1 Å². The van der Waals surface area contributed by atoms with Gasteiger partial charge in [-0.15, -0.1) is 11.3 Å². The summed E-state index contributed by atoms with van der Waals surface area (Å²) in [6.07, 6.45) is 10.1. The minimum absolute atomic E-state index is 0.386. The monoisotopic (exact) mass is 598 g/mol. The Labute approximate surface area is 253 Å². The number of fused-ring (bicyclic) bond motifs is 1. The highest BCUT2D eigenvalue weighted by Crippen LogP contribution is 2.44. The number of alkyl halides is 1. The molecule has 1 saturated heterocycles. The summed E-state index contributed by atoms with van der Waals surface area (Å²) in [5.41, 5.74) is 4.52. The van der Waals surface area contributed by atoms with Gasteiger partial charge in [0.15, 0.2) is 10.8 Å². The van der Waals surface area contributed by atoms with Gasteiger partial charge in [-0.1, -0.05) is 36.7 Å². The third-order valence-electron chi connectivity index (χ3n) is 7.66. The second-order valence-corrected chi connectivity index (χ2v) is 12.3. The number of nitrogens with zero attached hydrogens (tertiary/aromatic N) is 3. The van der Waals surface area contributed by atoms with Gasteiger partial charge in [-0.05, 0) is 94.6 Å². The molecular weight excluding hydrogens is 555 g/mol. The Hall–Kier alpha value is -2.39. The van der Waals surface area contributed by atoms with Crippen molar-refractivity contribution < 1.29 is 4.39 Å². The van der Waals surface area contributed by atoms with Gasteiger partial charge in [0, 0.05) is 47.5 Å². The maximum Gasteiger partial charge on any atom is 0.165 e. The molecule has 4 rings (SSSR count). The highest BCUT2D eigenvalue weighted by molar-refractivity contribution is 7.11. The van der Waals surface area contributed by atoms with E-state index >= 15 is 0 Å². The van der Waals surface area contributed by atoms with Crippen LogP contribution in [0.5, 0.6) is 0 Å². The lowest BCUT2D eigenvalue weighted by molar-refractivity contribution is 0.335. The van der Waals surface area contributed by atoms with Crippen molar-refractivity contribution in [1.29, 1.82) is 5.41 Å². The molecule has 2 aromatic rings. The molecule has 6 nitrogen and oxygen atoms in total. The van der Waals surface area contributed by atoms with Crippen LogP contribution in [0.3, 0.4) is 0 Å². The summed E-state index contributed by atoms with van der Waals surface area (Å²) in [7, 11) is 0. The van der Waals surface area contributed by atoms with E-state index in [1.54, 1.807) is 18.3 Å². The second kappa shape index (κ2) is 15.7. The number of likely N-dealkylation sites (N-methyl/N-ethyl adjacent to an activating group) is 1. The molecule has 0 amide bonds. The Kier molecular flexibility index (Phi) is 12.1. The summed E-state index contributed by atoms with van der Waals surface area (Å²) in [5, 5.41) is 19.7. The summed E-state index contributed by atoms with van der Waals surface area (Å²) in [4.78, 5) is 12.2. The van der Waals surface area contributed by atoms with Crippen LogP contribution in [0.1, 0.15) is 74.5 Å². The normalized spacial score (nSPS) is 19.6. The smallest absolute Gasteiger partial charge is 0.165 e. The quantitative estimate of drug-likeness (QED) is 0.140. The predicted molar refractivity (Wildman–Crippen MR) is 171 cm³/mol. The number of nitrogens with one attached hydrogen (secondary N) is 3. The Bertz CT molecular complexity index is 1240. The van der Waals surface area contributed by atoms with E-state index in [9.17, 15) is 9.80 Å². The maximum absolute atomic E-state index is 13.3. The summed E-state index contributed by atoms with van der Waals surface area (Å²) in [6, 6.07) is 5.70. The summed E-state index contributed by atoms with van der Waals surface area (Å²) >= 11 is 8.42. The van der Waals surface area contributed by atoms with Crippen molar-refractivity contribution in [3.05, 3.63) is 74.4 Å². The molecule has 1 unspecified atom stereocenters. The molecule has 1 fully saturated rings. The summed E-state index contributed by atoms with van der Waals surface area (Å²) in [5.74, 6) is 1.34. The first-order chi connectivity index (χ1) is 19.9. The molecule has 0 saturated carbocycles. The molecule has 41 heavy (non-hydrogen) atoms. The average molecular weight is 599 g/mol. The molecule has 3 heterocycles. The number of hydrogen-bond donors (Lipinski definition) is 3. The molecule has 0 bridgehead atoms. The number of aromatic nitrogens is 1. The van der Waals surface area contributed by atoms with Crippen LogP contribution in [0.25, 0.3) is 0 Å². The van der Waals surface area contributed by atoms with Crippen LogP contribution >= 0.6 is 22.9 Å². The first-order valence-corrected chi connectivity index (χ1v) is 16.2. The van der Waals surface area contributed by atoms with Crippen molar-refractivity contribution in [3.8, 4) is 0 Å². The minimum atomic E-state index is -0.801. The topological polar surface area (TPSA) is 76.4 Å². The van der Waals surface area contributed by atoms with Crippen molar-refractivity contribution >= 4 is 34.5 Å². The number of rotatable bonds is 16. The fraction of sp³-hybridized carbons (Fsp3) is 0.531. The molecule has 222 valence electrons. The van der Waals surface area contributed by atoms with Crippen LogP contribution in [0.15, 0.2) is 58.2 Å². The number of allylic oxidation sites excluding steroid dienone is 3. The van der Waals surface area contributed by atoms with E-state index in [4.69, 9.17) is 16.6 Å². The number of aryl methyl sites for hydroxylation is 1. The molecule has 9 heteroatoms. The van der Waals surface area contributed by atoms with Gasteiger partial charge in [-0.25, -0.2) is 9.37 Å².